The molecule has 1 atom stereocenters. The number of amides is 1. The van der Waals surface area contributed by atoms with Crippen LogP contribution in [-0.2, 0) is 11.3 Å². The summed E-state index contributed by atoms with van der Waals surface area (Å²) in [5, 5.41) is 9.26. The summed E-state index contributed by atoms with van der Waals surface area (Å²) in [6.07, 6.45) is 2.84. The Morgan fingerprint density at radius 1 is 1.33 bits per heavy atom. The molecular formula is C16H20N2O3. The Kier molecular flexibility index (Phi) is 3.57. The third-order valence-corrected chi connectivity index (χ3v) is 4.44. The van der Waals surface area contributed by atoms with Crippen LogP contribution >= 0.6 is 0 Å². The van der Waals surface area contributed by atoms with Gasteiger partial charge in [-0.2, -0.15) is 0 Å². The normalized spacial score (nSPS) is 19.0. The smallest absolute Gasteiger partial charge is 0.326 e. The summed E-state index contributed by atoms with van der Waals surface area (Å²) in [6.45, 7) is 4.32. The van der Waals surface area contributed by atoms with E-state index in [-0.39, 0.29) is 5.91 Å². The third kappa shape index (κ3) is 2.37. The van der Waals surface area contributed by atoms with Crippen LogP contribution in [0.2, 0.25) is 0 Å². The number of carboxylic acids is 1. The number of nitrogens with zero attached hydrogens (tertiary/aromatic N) is 2. The first-order valence-electron chi connectivity index (χ1n) is 7.53. The highest BCUT2D eigenvalue weighted by atomic mass is 16.4. The van der Waals surface area contributed by atoms with Gasteiger partial charge in [-0.05, 0) is 43.0 Å². The molecule has 1 amide bonds. The van der Waals surface area contributed by atoms with E-state index in [9.17, 15) is 14.7 Å². The summed E-state index contributed by atoms with van der Waals surface area (Å²) < 4.78 is 0. The highest BCUT2D eigenvalue weighted by Gasteiger charge is 2.35. The molecule has 1 N–H and O–H groups in total. The van der Waals surface area contributed by atoms with E-state index >= 15 is 0 Å². The van der Waals surface area contributed by atoms with Crippen LogP contribution in [0.15, 0.2) is 18.2 Å². The van der Waals surface area contributed by atoms with Gasteiger partial charge in [0.1, 0.15) is 6.04 Å². The molecule has 0 unspecified atom stereocenters. The van der Waals surface area contributed by atoms with E-state index < -0.39 is 12.0 Å². The van der Waals surface area contributed by atoms with Gasteiger partial charge in [0.15, 0.2) is 0 Å². The van der Waals surface area contributed by atoms with Gasteiger partial charge >= 0.3 is 5.97 Å². The molecule has 1 saturated heterocycles. The van der Waals surface area contributed by atoms with Gasteiger partial charge in [-0.1, -0.05) is 6.92 Å². The molecule has 2 aliphatic heterocycles. The number of carbonyl (C=O) groups is 2. The fraction of sp³-hybridized carbons (Fsp3) is 0.500. The summed E-state index contributed by atoms with van der Waals surface area (Å²) in [7, 11) is 0. The van der Waals surface area contributed by atoms with Crippen LogP contribution in [0.5, 0.6) is 0 Å². The maximum absolute atomic E-state index is 12.4. The monoisotopic (exact) mass is 288 g/mol. The third-order valence-electron chi connectivity index (χ3n) is 4.44. The molecule has 5 nitrogen and oxygen atoms in total. The number of anilines is 1. The second-order valence-electron chi connectivity index (χ2n) is 5.73. The Morgan fingerprint density at radius 3 is 2.67 bits per heavy atom. The minimum atomic E-state index is -0.932. The second-order valence-corrected chi connectivity index (χ2v) is 5.73. The number of hydrogen-bond acceptors (Lipinski definition) is 3. The average molecular weight is 288 g/mol. The van der Waals surface area contributed by atoms with Gasteiger partial charge in [0.25, 0.3) is 5.91 Å². The van der Waals surface area contributed by atoms with E-state index in [2.05, 4.69) is 4.90 Å². The predicted molar refractivity (Wildman–Crippen MR) is 79.5 cm³/mol. The lowest BCUT2D eigenvalue weighted by molar-refractivity contribution is -0.142. The SMILES string of the molecule is CC[C@@H](C(=O)O)N1Cc2cc(N3CCCC3)ccc2C1=O. The van der Waals surface area contributed by atoms with Crippen molar-refractivity contribution < 1.29 is 14.7 Å². The van der Waals surface area contributed by atoms with Crippen molar-refractivity contribution >= 4 is 17.6 Å². The molecular weight excluding hydrogens is 268 g/mol. The first-order valence-corrected chi connectivity index (χ1v) is 7.53. The van der Waals surface area contributed by atoms with Crippen molar-refractivity contribution in [2.24, 2.45) is 0 Å². The zero-order valence-electron chi connectivity index (χ0n) is 12.2. The van der Waals surface area contributed by atoms with Crippen LogP contribution in [0.1, 0.15) is 42.1 Å². The van der Waals surface area contributed by atoms with Crippen molar-refractivity contribution in [2.45, 2.75) is 38.8 Å². The van der Waals surface area contributed by atoms with Gasteiger partial charge in [-0.25, -0.2) is 4.79 Å². The van der Waals surface area contributed by atoms with Gasteiger partial charge < -0.3 is 14.9 Å². The lowest BCUT2D eigenvalue weighted by atomic mass is 10.1. The van der Waals surface area contributed by atoms with E-state index in [1.54, 1.807) is 6.92 Å². The zero-order chi connectivity index (χ0) is 15.0. The topological polar surface area (TPSA) is 60.9 Å². The van der Waals surface area contributed by atoms with Crippen LogP contribution in [-0.4, -0.2) is 41.0 Å². The first kappa shape index (κ1) is 13.9. The Hall–Kier alpha value is -2.04. The van der Waals surface area contributed by atoms with E-state index in [1.165, 1.54) is 17.7 Å². The van der Waals surface area contributed by atoms with Crippen molar-refractivity contribution in [1.82, 2.24) is 4.90 Å². The van der Waals surface area contributed by atoms with Gasteiger partial charge in [-0.3, -0.25) is 4.79 Å². The molecule has 3 rings (SSSR count). The fourth-order valence-electron chi connectivity index (χ4n) is 3.28. The van der Waals surface area contributed by atoms with Crippen molar-refractivity contribution in [2.75, 3.05) is 18.0 Å². The standard InChI is InChI=1S/C16H20N2O3/c1-2-14(16(20)21)18-10-11-9-12(17-7-3-4-8-17)5-6-13(11)15(18)19/h5-6,9,14H,2-4,7-8,10H2,1H3,(H,20,21)/t14-/m0/s1. The van der Waals surface area contributed by atoms with E-state index in [4.69, 9.17) is 0 Å². The maximum Gasteiger partial charge on any atom is 0.326 e. The first-order chi connectivity index (χ1) is 10.1. The average Bonchev–Trinajstić information content (AvgIpc) is 3.08. The van der Waals surface area contributed by atoms with Gasteiger partial charge in [0.2, 0.25) is 0 Å². The number of rotatable bonds is 4. The number of hydrogen-bond donors (Lipinski definition) is 1. The number of benzene rings is 1. The molecule has 1 aromatic rings. The summed E-state index contributed by atoms with van der Waals surface area (Å²) in [5.41, 5.74) is 2.74. The van der Waals surface area contributed by atoms with Gasteiger partial charge in [-0.15, -0.1) is 0 Å². The molecule has 0 saturated carbocycles. The molecule has 0 radical (unpaired) electrons. The highest BCUT2D eigenvalue weighted by Crippen LogP contribution is 2.30. The quantitative estimate of drug-likeness (QED) is 0.921. The maximum atomic E-state index is 12.4. The summed E-state index contributed by atoms with van der Waals surface area (Å²) in [5.74, 6) is -1.09. The van der Waals surface area contributed by atoms with Crippen molar-refractivity contribution in [3.8, 4) is 0 Å². The van der Waals surface area contributed by atoms with Crippen molar-refractivity contribution in [3.05, 3.63) is 29.3 Å². The summed E-state index contributed by atoms with van der Waals surface area (Å²) in [6, 6.07) is 5.14. The molecule has 0 aliphatic carbocycles. The largest absolute Gasteiger partial charge is 0.480 e. The molecule has 0 spiro atoms. The predicted octanol–water partition coefficient (Wildman–Crippen LogP) is 2.11. The van der Waals surface area contributed by atoms with Crippen LogP contribution in [0.25, 0.3) is 0 Å². The fourth-order valence-corrected chi connectivity index (χ4v) is 3.28. The minimum absolute atomic E-state index is 0.160. The van der Waals surface area contributed by atoms with Crippen LogP contribution in [0.3, 0.4) is 0 Å². The van der Waals surface area contributed by atoms with Crippen molar-refractivity contribution in [1.29, 1.82) is 0 Å². The Labute approximate surface area is 124 Å². The number of fused-ring (bicyclic) bond motifs is 1. The molecule has 5 heteroatoms. The van der Waals surface area contributed by atoms with Crippen LogP contribution in [0, 0.1) is 0 Å². The molecule has 1 fully saturated rings. The summed E-state index contributed by atoms with van der Waals surface area (Å²) in [4.78, 5) is 27.5. The molecule has 0 bridgehead atoms. The van der Waals surface area contributed by atoms with Crippen LogP contribution < -0.4 is 4.90 Å². The molecule has 2 heterocycles. The lowest BCUT2D eigenvalue weighted by Gasteiger charge is -2.22. The Morgan fingerprint density at radius 2 is 2.05 bits per heavy atom. The number of aliphatic carboxylic acids is 1. The zero-order valence-corrected chi connectivity index (χ0v) is 12.2. The minimum Gasteiger partial charge on any atom is -0.480 e. The second kappa shape index (κ2) is 5.39. The highest BCUT2D eigenvalue weighted by molar-refractivity contribution is 6.00. The van der Waals surface area contributed by atoms with Gasteiger partial charge in [0, 0.05) is 30.9 Å². The molecule has 1 aromatic carbocycles. The molecule has 2 aliphatic rings. The van der Waals surface area contributed by atoms with Crippen molar-refractivity contribution in [3.63, 3.8) is 0 Å². The Bertz CT molecular complexity index is 579. The molecule has 0 aromatic heterocycles. The van der Waals surface area contributed by atoms with Gasteiger partial charge in [0.05, 0.1) is 0 Å². The van der Waals surface area contributed by atoms with Crippen LogP contribution in [0.4, 0.5) is 5.69 Å². The van der Waals surface area contributed by atoms with E-state index in [0.29, 0.717) is 18.5 Å². The summed E-state index contributed by atoms with van der Waals surface area (Å²) >= 11 is 0. The Balaban J connectivity index is 1.87. The van der Waals surface area contributed by atoms with E-state index in [0.717, 1.165) is 24.3 Å². The molecule has 21 heavy (non-hydrogen) atoms. The molecule has 112 valence electrons. The lowest BCUT2D eigenvalue weighted by Crippen LogP contribution is -2.40. The number of carboxylic acid groups (broad SMARTS) is 1. The number of carbonyl (C=O) groups excluding carboxylic acids is 1. The van der Waals surface area contributed by atoms with E-state index in [1.807, 2.05) is 18.2 Å².